The number of likely N-dealkylation sites (tertiary alicyclic amines) is 1. The maximum Gasteiger partial charge on any atom is 0.0501 e. The quantitative estimate of drug-likeness (QED) is 0.921. The van der Waals surface area contributed by atoms with Gasteiger partial charge in [0.05, 0.1) is 6.04 Å². The molecule has 0 bridgehead atoms. The molecule has 0 amide bonds. The van der Waals surface area contributed by atoms with Crippen LogP contribution in [0, 0.1) is 0 Å². The maximum atomic E-state index is 3.69. The van der Waals surface area contributed by atoms with E-state index in [0.29, 0.717) is 12.1 Å². The van der Waals surface area contributed by atoms with E-state index in [4.69, 9.17) is 0 Å². The molecule has 2 atom stereocenters. The van der Waals surface area contributed by atoms with Crippen LogP contribution in [0.15, 0.2) is 28.7 Å². The first-order chi connectivity index (χ1) is 8.84. The highest BCUT2D eigenvalue weighted by molar-refractivity contribution is 9.10. The number of rotatable bonds is 3. The summed E-state index contributed by atoms with van der Waals surface area (Å²) in [6.07, 6.45) is 5.36. The van der Waals surface area contributed by atoms with Gasteiger partial charge in [-0.05, 0) is 63.0 Å². The summed E-state index contributed by atoms with van der Waals surface area (Å²) in [7, 11) is 0. The van der Waals surface area contributed by atoms with E-state index in [9.17, 15) is 0 Å². The van der Waals surface area contributed by atoms with Gasteiger partial charge in [0.25, 0.3) is 0 Å². The highest BCUT2D eigenvalue weighted by Crippen LogP contribution is 2.32. The summed E-state index contributed by atoms with van der Waals surface area (Å²) in [5.41, 5.74) is 1.47. The fraction of sp³-hybridized carbons (Fsp3) is 0.600. The average Bonchev–Trinajstić information content (AvgIpc) is 3.06. The highest BCUT2D eigenvalue weighted by Gasteiger charge is 2.32. The van der Waals surface area contributed by atoms with E-state index in [1.807, 2.05) is 0 Å². The molecule has 2 nitrogen and oxygen atoms in total. The molecule has 0 aromatic heterocycles. The topological polar surface area (TPSA) is 15.3 Å². The predicted molar refractivity (Wildman–Crippen MR) is 78.7 cm³/mol. The van der Waals surface area contributed by atoms with Gasteiger partial charge in [0.15, 0.2) is 0 Å². The fourth-order valence-corrected chi connectivity index (χ4v) is 3.62. The monoisotopic (exact) mass is 308 g/mol. The number of nitrogens with one attached hydrogen (secondary N) is 1. The molecule has 2 saturated heterocycles. The van der Waals surface area contributed by atoms with Gasteiger partial charge in [0.1, 0.15) is 0 Å². The first kappa shape index (κ1) is 12.6. The smallest absolute Gasteiger partial charge is 0.0501 e. The van der Waals surface area contributed by atoms with Crippen molar-refractivity contribution >= 4 is 15.9 Å². The number of hydrogen-bond acceptors (Lipinski definition) is 2. The average molecular weight is 309 g/mol. The molecule has 2 unspecified atom stereocenters. The fourth-order valence-electron chi connectivity index (χ4n) is 3.36. The lowest BCUT2D eigenvalue weighted by atomic mass is 9.96. The van der Waals surface area contributed by atoms with E-state index in [1.165, 1.54) is 55.4 Å². The lowest BCUT2D eigenvalue weighted by Crippen LogP contribution is -2.39. The zero-order valence-corrected chi connectivity index (χ0v) is 12.3. The minimum atomic E-state index is 0.572. The number of halogens is 1. The second-order valence-corrected chi connectivity index (χ2v) is 6.36. The summed E-state index contributed by atoms with van der Waals surface area (Å²) in [6.45, 7) is 3.71. The second kappa shape index (κ2) is 5.72. The second-order valence-electron chi connectivity index (χ2n) is 5.44. The Bertz CT molecular complexity index is 362. The van der Waals surface area contributed by atoms with Crippen LogP contribution in [-0.4, -0.2) is 30.6 Å². The Morgan fingerprint density at radius 2 is 1.83 bits per heavy atom. The minimum Gasteiger partial charge on any atom is -0.312 e. The third kappa shape index (κ3) is 2.63. The lowest BCUT2D eigenvalue weighted by molar-refractivity contribution is 0.202. The van der Waals surface area contributed by atoms with Gasteiger partial charge in [-0.2, -0.15) is 0 Å². The van der Waals surface area contributed by atoms with Gasteiger partial charge >= 0.3 is 0 Å². The Morgan fingerprint density at radius 1 is 1.11 bits per heavy atom. The van der Waals surface area contributed by atoms with E-state index in [0.717, 1.165) is 0 Å². The van der Waals surface area contributed by atoms with Gasteiger partial charge < -0.3 is 5.32 Å². The van der Waals surface area contributed by atoms with E-state index in [2.05, 4.69) is 50.4 Å². The van der Waals surface area contributed by atoms with Crippen molar-refractivity contribution in [3.05, 3.63) is 34.3 Å². The Hall–Kier alpha value is -0.380. The van der Waals surface area contributed by atoms with Crippen LogP contribution in [0.1, 0.15) is 37.3 Å². The molecule has 1 aromatic rings. The van der Waals surface area contributed by atoms with Crippen molar-refractivity contribution in [2.75, 3.05) is 19.6 Å². The zero-order chi connectivity index (χ0) is 12.4. The summed E-state index contributed by atoms with van der Waals surface area (Å²) >= 11 is 3.53. The summed E-state index contributed by atoms with van der Waals surface area (Å²) in [6, 6.07) is 10.1. The Morgan fingerprint density at radius 3 is 2.44 bits per heavy atom. The standard InChI is InChI=1S/C15H21BrN2/c16-13-7-5-12(6-8-13)15(14-4-3-9-17-14)18-10-1-2-11-18/h5-8,14-15,17H,1-4,9-11H2. The van der Waals surface area contributed by atoms with Crippen molar-refractivity contribution in [1.29, 1.82) is 0 Å². The van der Waals surface area contributed by atoms with Crippen LogP contribution in [0.5, 0.6) is 0 Å². The van der Waals surface area contributed by atoms with E-state index < -0.39 is 0 Å². The van der Waals surface area contributed by atoms with Crippen molar-refractivity contribution in [2.45, 2.75) is 37.8 Å². The number of hydrogen-bond donors (Lipinski definition) is 1. The SMILES string of the molecule is Brc1ccc(C(C2CCCN2)N2CCCC2)cc1. The summed E-state index contributed by atoms with van der Waals surface area (Å²) < 4.78 is 1.17. The third-order valence-electron chi connectivity index (χ3n) is 4.23. The van der Waals surface area contributed by atoms with Crippen molar-refractivity contribution in [1.82, 2.24) is 10.2 Å². The molecule has 0 spiro atoms. The Labute approximate surface area is 118 Å². The molecule has 2 aliphatic heterocycles. The predicted octanol–water partition coefficient (Wildman–Crippen LogP) is 3.34. The normalized spacial score (nSPS) is 26.6. The van der Waals surface area contributed by atoms with Gasteiger partial charge in [-0.1, -0.05) is 28.1 Å². The number of benzene rings is 1. The Kier molecular flexibility index (Phi) is 4.02. The van der Waals surface area contributed by atoms with Crippen LogP contribution in [-0.2, 0) is 0 Å². The van der Waals surface area contributed by atoms with Crippen LogP contribution in [0.25, 0.3) is 0 Å². The largest absolute Gasteiger partial charge is 0.312 e. The molecule has 0 saturated carbocycles. The van der Waals surface area contributed by atoms with Crippen molar-refractivity contribution in [3.63, 3.8) is 0 Å². The van der Waals surface area contributed by atoms with E-state index in [1.54, 1.807) is 0 Å². The molecule has 0 aliphatic carbocycles. The molecule has 3 rings (SSSR count). The molecule has 2 heterocycles. The lowest BCUT2D eigenvalue weighted by Gasteiger charge is -2.33. The summed E-state index contributed by atoms with van der Waals surface area (Å²) in [5.74, 6) is 0. The molecule has 3 heteroatoms. The van der Waals surface area contributed by atoms with Gasteiger partial charge in [0, 0.05) is 10.5 Å². The third-order valence-corrected chi connectivity index (χ3v) is 4.75. The molecule has 1 N–H and O–H groups in total. The molecular weight excluding hydrogens is 288 g/mol. The van der Waals surface area contributed by atoms with Crippen LogP contribution < -0.4 is 5.32 Å². The van der Waals surface area contributed by atoms with Crippen LogP contribution >= 0.6 is 15.9 Å². The molecule has 0 radical (unpaired) electrons. The van der Waals surface area contributed by atoms with Gasteiger partial charge in [-0.25, -0.2) is 0 Å². The van der Waals surface area contributed by atoms with E-state index >= 15 is 0 Å². The first-order valence-electron chi connectivity index (χ1n) is 7.07. The van der Waals surface area contributed by atoms with Crippen LogP contribution in [0.2, 0.25) is 0 Å². The molecule has 2 fully saturated rings. The van der Waals surface area contributed by atoms with Gasteiger partial charge in [-0.3, -0.25) is 4.90 Å². The molecule has 18 heavy (non-hydrogen) atoms. The van der Waals surface area contributed by atoms with Gasteiger partial charge in [-0.15, -0.1) is 0 Å². The summed E-state index contributed by atoms with van der Waals surface area (Å²) in [4.78, 5) is 2.67. The molecular formula is C15H21BrN2. The maximum absolute atomic E-state index is 3.69. The van der Waals surface area contributed by atoms with Crippen molar-refractivity contribution in [2.24, 2.45) is 0 Å². The summed E-state index contributed by atoms with van der Waals surface area (Å²) in [5, 5.41) is 3.69. The van der Waals surface area contributed by atoms with Crippen molar-refractivity contribution in [3.8, 4) is 0 Å². The molecule has 2 aliphatic rings. The Balaban J connectivity index is 1.85. The zero-order valence-electron chi connectivity index (χ0n) is 10.7. The molecule has 98 valence electrons. The van der Waals surface area contributed by atoms with Crippen LogP contribution in [0.4, 0.5) is 0 Å². The number of nitrogens with zero attached hydrogens (tertiary/aromatic N) is 1. The van der Waals surface area contributed by atoms with Crippen LogP contribution in [0.3, 0.4) is 0 Å². The van der Waals surface area contributed by atoms with E-state index in [-0.39, 0.29) is 0 Å². The van der Waals surface area contributed by atoms with Gasteiger partial charge in [0.2, 0.25) is 0 Å². The highest BCUT2D eigenvalue weighted by atomic mass is 79.9. The first-order valence-corrected chi connectivity index (χ1v) is 7.87. The van der Waals surface area contributed by atoms with Crippen molar-refractivity contribution < 1.29 is 0 Å². The molecule has 1 aromatic carbocycles. The minimum absolute atomic E-state index is 0.572.